The van der Waals surface area contributed by atoms with Crippen LogP contribution in [0.2, 0.25) is 0 Å². The standard InChI is InChI=1S/C19H25N3O2S2/c1-14(20-19(25)21-15-6-3-4-7-16(15)23-2)18(17-8-5-13-26-17)22-9-11-24-12-10-22/h3-8,13-14,18H,9-12H2,1-2H3,(H2,20,21,25)/p+1/t14-,18+/m1/s1. The number of ether oxygens (including phenoxy) is 2. The first kappa shape index (κ1) is 19.1. The summed E-state index contributed by atoms with van der Waals surface area (Å²) in [5.41, 5.74) is 0.867. The third-order valence-corrected chi connectivity index (χ3v) is 5.81. The average molecular weight is 393 g/mol. The third kappa shape index (κ3) is 4.73. The largest absolute Gasteiger partial charge is 0.495 e. The maximum Gasteiger partial charge on any atom is 0.171 e. The van der Waals surface area contributed by atoms with Gasteiger partial charge in [-0.1, -0.05) is 18.2 Å². The van der Waals surface area contributed by atoms with Crippen molar-refractivity contribution in [2.75, 3.05) is 38.7 Å². The number of nitrogens with one attached hydrogen (secondary N) is 3. The smallest absolute Gasteiger partial charge is 0.171 e. The second-order valence-corrected chi connectivity index (χ2v) is 7.74. The minimum atomic E-state index is 0.191. The molecule has 0 saturated carbocycles. The first-order valence-electron chi connectivity index (χ1n) is 8.85. The Morgan fingerprint density at radius 2 is 2.00 bits per heavy atom. The van der Waals surface area contributed by atoms with E-state index in [1.54, 1.807) is 23.3 Å². The molecule has 1 saturated heterocycles. The highest BCUT2D eigenvalue weighted by atomic mass is 32.1. The zero-order valence-corrected chi connectivity index (χ0v) is 16.8. The second-order valence-electron chi connectivity index (χ2n) is 6.35. The highest BCUT2D eigenvalue weighted by molar-refractivity contribution is 7.80. The zero-order chi connectivity index (χ0) is 18.4. The van der Waals surface area contributed by atoms with Crippen molar-refractivity contribution in [2.24, 2.45) is 0 Å². The number of para-hydroxylation sites is 2. The molecule has 0 amide bonds. The van der Waals surface area contributed by atoms with Crippen molar-refractivity contribution < 1.29 is 14.4 Å². The topological polar surface area (TPSA) is 47.0 Å². The molecule has 26 heavy (non-hydrogen) atoms. The quantitative estimate of drug-likeness (QED) is 0.657. The Bertz CT molecular complexity index is 703. The number of benzene rings is 1. The predicted molar refractivity (Wildman–Crippen MR) is 110 cm³/mol. The van der Waals surface area contributed by atoms with Gasteiger partial charge in [0.25, 0.3) is 0 Å². The van der Waals surface area contributed by atoms with E-state index >= 15 is 0 Å². The molecule has 0 bridgehead atoms. The number of thiocarbonyl (C=S) groups is 1. The van der Waals surface area contributed by atoms with E-state index in [4.69, 9.17) is 21.7 Å². The van der Waals surface area contributed by atoms with Gasteiger partial charge in [-0.2, -0.15) is 0 Å². The maximum atomic E-state index is 5.56. The lowest BCUT2D eigenvalue weighted by atomic mass is 10.1. The Morgan fingerprint density at radius 1 is 1.23 bits per heavy atom. The van der Waals surface area contributed by atoms with Crippen molar-refractivity contribution in [2.45, 2.75) is 19.0 Å². The van der Waals surface area contributed by atoms with Crippen LogP contribution in [0.25, 0.3) is 0 Å². The van der Waals surface area contributed by atoms with E-state index in [1.807, 2.05) is 24.3 Å². The van der Waals surface area contributed by atoms with Crippen LogP contribution in [-0.2, 0) is 4.74 Å². The van der Waals surface area contributed by atoms with E-state index in [0.717, 1.165) is 37.7 Å². The minimum Gasteiger partial charge on any atom is -0.495 e. The highest BCUT2D eigenvalue weighted by Crippen LogP contribution is 2.23. The molecular formula is C19H26N3O2S2+. The maximum absolute atomic E-state index is 5.56. The Balaban J connectivity index is 1.68. The average Bonchev–Trinajstić information content (AvgIpc) is 3.17. The minimum absolute atomic E-state index is 0.191. The zero-order valence-electron chi connectivity index (χ0n) is 15.2. The molecule has 2 atom stereocenters. The Morgan fingerprint density at radius 3 is 2.69 bits per heavy atom. The van der Waals surface area contributed by atoms with Crippen LogP contribution >= 0.6 is 23.6 Å². The molecular weight excluding hydrogens is 366 g/mol. The van der Waals surface area contributed by atoms with Crippen molar-refractivity contribution in [3.8, 4) is 5.75 Å². The molecule has 1 aliphatic rings. The summed E-state index contributed by atoms with van der Waals surface area (Å²) < 4.78 is 10.9. The van der Waals surface area contributed by atoms with Gasteiger partial charge in [-0.05, 0) is 42.7 Å². The summed E-state index contributed by atoms with van der Waals surface area (Å²) in [5.74, 6) is 0.776. The highest BCUT2D eigenvalue weighted by Gasteiger charge is 2.32. The Kier molecular flexibility index (Phi) is 6.85. The van der Waals surface area contributed by atoms with Gasteiger partial charge in [-0.25, -0.2) is 0 Å². The van der Waals surface area contributed by atoms with Crippen LogP contribution < -0.4 is 20.3 Å². The molecule has 3 N–H and O–H groups in total. The molecule has 7 heteroatoms. The molecule has 0 aliphatic carbocycles. The number of anilines is 1. The summed E-state index contributed by atoms with van der Waals surface area (Å²) in [6.45, 7) is 5.85. The summed E-state index contributed by atoms with van der Waals surface area (Å²) in [5, 5.41) is 9.48. The molecule has 0 radical (unpaired) electrons. The van der Waals surface area contributed by atoms with Crippen molar-refractivity contribution in [3.63, 3.8) is 0 Å². The van der Waals surface area contributed by atoms with Crippen LogP contribution in [0.15, 0.2) is 41.8 Å². The lowest BCUT2D eigenvalue weighted by Crippen LogP contribution is -3.15. The van der Waals surface area contributed by atoms with Gasteiger partial charge in [0.2, 0.25) is 0 Å². The Labute approximate surface area is 164 Å². The first-order chi connectivity index (χ1) is 12.7. The molecule has 0 unspecified atom stereocenters. The fraction of sp³-hybridized carbons (Fsp3) is 0.421. The van der Waals surface area contributed by atoms with Gasteiger partial charge in [0.1, 0.15) is 24.9 Å². The van der Waals surface area contributed by atoms with Crippen LogP contribution in [0.1, 0.15) is 17.8 Å². The number of quaternary nitrogens is 1. The van der Waals surface area contributed by atoms with Gasteiger partial charge >= 0.3 is 0 Å². The molecule has 1 aromatic carbocycles. The molecule has 140 valence electrons. The van der Waals surface area contributed by atoms with E-state index in [9.17, 15) is 0 Å². The van der Waals surface area contributed by atoms with Crippen molar-refractivity contribution in [3.05, 3.63) is 46.7 Å². The van der Waals surface area contributed by atoms with Crippen LogP contribution in [0.3, 0.4) is 0 Å². The molecule has 5 nitrogen and oxygen atoms in total. The lowest BCUT2D eigenvalue weighted by molar-refractivity contribution is -0.939. The van der Waals surface area contributed by atoms with Gasteiger partial charge in [0.15, 0.2) is 5.11 Å². The fourth-order valence-electron chi connectivity index (χ4n) is 3.41. The Hall–Kier alpha value is -1.67. The summed E-state index contributed by atoms with van der Waals surface area (Å²) >= 11 is 7.37. The van der Waals surface area contributed by atoms with Gasteiger partial charge in [0.05, 0.1) is 36.9 Å². The molecule has 0 spiro atoms. The summed E-state index contributed by atoms with van der Waals surface area (Å²) in [4.78, 5) is 2.92. The molecule has 1 fully saturated rings. The predicted octanol–water partition coefficient (Wildman–Crippen LogP) is 2.09. The van der Waals surface area contributed by atoms with E-state index in [0.29, 0.717) is 11.2 Å². The third-order valence-electron chi connectivity index (χ3n) is 4.64. The molecule has 2 aromatic rings. The van der Waals surface area contributed by atoms with Gasteiger partial charge < -0.3 is 25.0 Å². The number of thiophene rings is 1. The SMILES string of the molecule is COc1ccccc1NC(=S)N[C@H](C)[C@@H](c1cccs1)[NH+]1CCOCC1. The number of morpholine rings is 1. The van der Waals surface area contributed by atoms with E-state index in [2.05, 4.69) is 35.1 Å². The van der Waals surface area contributed by atoms with Crippen molar-refractivity contribution in [1.82, 2.24) is 5.32 Å². The van der Waals surface area contributed by atoms with Crippen LogP contribution in [0.5, 0.6) is 5.75 Å². The molecule has 1 aromatic heterocycles. The summed E-state index contributed by atoms with van der Waals surface area (Å²) in [6.07, 6.45) is 0. The van der Waals surface area contributed by atoms with Crippen molar-refractivity contribution >= 4 is 34.4 Å². The number of hydrogen-bond donors (Lipinski definition) is 3. The monoisotopic (exact) mass is 392 g/mol. The first-order valence-corrected chi connectivity index (χ1v) is 10.1. The van der Waals surface area contributed by atoms with Crippen LogP contribution in [0.4, 0.5) is 5.69 Å². The molecule has 3 rings (SSSR count). The number of rotatable bonds is 6. The lowest BCUT2D eigenvalue weighted by Gasteiger charge is -2.35. The second kappa shape index (κ2) is 9.32. The van der Waals surface area contributed by atoms with Crippen LogP contribution in [-0.4, -0.2) is 44.6 Å². The van der Waals surface area contributed by atoms with E-state index < -0.39 is 0 Å². The van der Waals surface area contributed by atoms with E-state index in [1.165, 1.54) is 4.88 Å². The van der Waals surface area contributed by atoms with Crippen LogP contribution in [0, 0.1) is 0 Å². The van der Waals surface area contributed by atoms with Gasteiger partial charge in [0, 0.05) is 0 Å². The number of hydrogen-bond acceptors (Lipinski definition) is 4. The van der Waals surface area contributed by atoms with E-state index in [-0.39, 0.29) is 6.04 Å². The molecule has 1 aliphatic heterocycles. The normalized spacial score (nSPS) is 17.3. The summed E-state index contributed by atoms with van der Waals surface area (Å²) in [6, 6.07) is 12.6. The summed E-state index contributed by atoms with van der Waals surface area (Å²) in [7, 11) is 1.66. The molecule has 2 heterocycles. The fourth-order valence-corrected chi connectivity index (χ4v) is 4.70. The van der Waals surface area contributed by atoms with Crippen molar-refractivity contribution in [1.29, 1.82) is 0 Å². The van der Waals surface area contributed by atoms with Gasteiger partial charge in [-0.3, -0.25) is 0 Å². The van der Waals surface area contributed by atoms with Gasteiger partial charge in [-0.15, -0.1) is 11.3 Å². The number of methoxy groups -OCH3 is 1.